The van der Waals surface area contributed by atoms with E-state index in [1.165, 1.54) is 4.31 Å². The van der Waals surface area contributed by atoms with Crippen LogP contribution < -0.4 is 5.73 Å². The Kier molecular flexibility index (Phi) is 6.87. The van der Waals surface area contributed by atoms with Crippen molar-refractivity contribution in [3.05, 3.63) is 60.2 Å². The minimum absolute atomic E-state index is 0.0784. The van der Waals surface area contributed by atoms with Crippen LogP contribution in [0.15, 0.2) is 59.5 Å². The number of amides is 1. The number of hydrogen-bond donors (Lipinski definition) is 1. The smallest absolute Gasteiger partial charge is 0.373 e. The number of piperidine rings is 1. The Hall–Kier alpha value is -3.04. The summed E-state index contributed by atoms with van der Waals surface area (Å²) in [4.78, 5) is 31.0. The number of nitrogen functional groups attached to an aromatic ring is 1. The molecular formula is C21H23N3O6S. The molecule has 0 saturated carbocycles. The van der Waals surface area contributed by atoms with Crippen molar-refractivity contribution in [3.63, 3.8) is 0 Å². The van der Waals surface area contributed by atoms with Crippen molar-refractivity contribution < 1.29 is 27.5 Å². The van der Waals surface area contributed by atoms with Crippen LogP contribution in [0, 0.1) is 0 Å². The van der Waals surface area contributed by atoms with Gasteiger partial charge in [0.25, 0.3) is 5.91 Å². The van der Waals surface area contributed by atoms with Gasteiger partial charge in [-0.05, 0) is 36.4 Å². The highest BCUT2D eigenvalue weighted by Crippen LogP contribution is 2.38. The maximum Gasteiger partial charge on any atom is 0.373 e. The van der Waals surface area contributed by atoms with E-state index in [2.05, 4.69) is 0 Å². The molecule has 1 amide bonds. The van der Waals surface area contributed by atoms with Crippen molar-refractivity contribution in [3.8, 4) is 0 Å². The van der Waals surface area contributed by atoms with Crippen molar-refractivity contribution >= 4 is 27.8 Å². The third kappa shape index (κ3) is 4.67. The van der Waals surface area contributed by atoms with Gasteiger partial charge >= 0.3 is 6.15 Å². The van der Waals surface area contributed by atoms with Gasteiger partial charge in [0.05, 0.1) is 11.5 Å². The lowest BCUT2D eigenvalue weighted by molar-refractivity contribution is -0.191. The van der Waals surface area contributed by atoms with Crippen LogP contribution >= 0.6 is 0 Å². The second-order valence-electron chi connectivity index (χ2n) is 7.18. The Balaban J connectivity index is 0.000000858. The molecule has 31 heavy (non-hydrogen) atoms. The summed E-state index contributed by atoms with van der Waals surface area (Å²) in [5.74, 6) is -0.0784. The summed E-state index contributed by atoms with van der Waals surface area (Å²) >= 11 is 0. The van der Waals surface area contributed by atoms with Crippen LogP contribution in [-0.4, -0.2) is 61.6 Å². The summed E-state index contributed by atoms with van der Waals surface area (Å²) in [6, 6.07) is 15.2. The number of nitrogens with two attached hydrogens (primary N) is 1. The van der Waals surface area contributed by atoms with Crippen LogP contribution in [0.25, 0.3) is 0 Å². The number of carbonyl (C=O) groups is 1. The number of anilines is 1. The maximum atomic E-state index is 13.1. The van der Waals surface area contributed by atoms with Gasteiger partial charge in [-0.2, -0.15) is 13.9 Å². The number of hydrogen-bond acceptors (Lipinski definition) is 7. The number of benzene rings is 2. The number of rotatable bonds is 3. The van der Waals surface area contributed by atoms with Gasteiger partial charge in [-0.25, -0.2) is 8.42 Å². The van der Waals surface area contributed by atoms with Crippen molar-refractivity contribution in [2.45, 2.75) is 23.5 Å². The monoisotopic (exact) mass is 445 g/mol. The number of ether oxygens (including phenoxy) is 1. The fourth-order valence-electron chi connectivity index (χ4n) is 3.91. The molecule has 0 unspecified atom stereocenters. The molecule has 0 atom stereocenters. The summed E-state index contributed by atoms with van der Waals surface area (Å²) in [6.45, 7) is 1.55. The second-order valence-corrected chi connectivity index (χ2v) is 9.04. The molecule has 0 aliphatic carbocycles. The van der Waals surface area contributed by atoms with Gasteiger partial charge in [0, 0.05) is 43.7 Å². The van der Waals surface area contributed by atoms with E-state index >= 15 is 0 Å². The van der Waals surface area contributed by atoms with Gasteiger partial charge in [0.1, 0.15) is 5.72 Å². The summed E-state index contributed by atoms with van der Waals surface area (Å²) in [7, 11) is -3.65. The lowest BCUT2D eigenvalue weighted by Crippen LogP contribution is -2.55. The minimum Gasteiger partial charge on any atom is -0.399 e. The highest BCUT2D eigenvalue weighted by molar-refractivity contribution is 7.89. The molecule has 2 saturated heterocycles. The summed E-state index contributed by atoms with van der Waals surface area (Å²) in [5, 5.41) is 0. The van der Waals surface area contributed by atoms with E-state index in [0.717, 1.165) is 0 Å². The second kappa shape index (κ2) is 9.40. The Labute approximate surface area is 180 Å². The topological polar surface area (TPSA) is 127 Å². The van der Waals surface area contributed by atoms with Crippen LogP contribution in [0.1, 0.15) is 23.2 Å². The molecule has 2 aliphatic heterocycles. The molecular weight excluding hydrogens is 422 g/mol. The lowest BCUT2D eigenvalue weighted by atomic mass is 10.00. The summed E-state index contributed by atoms with van der Waals surface area (Å²) < 4.78 is 33.7. The standard InChI is InChI=1S/C20H23N3O4S.CO2/c21-17-8-6-16(7-9-17)19(24)22-12-10-20(11-13-22)23(14-15-27-20)28(25,26)18-4-2-1-3-5-18;2-1-3/h1-9H,10-15,21H2;. The minimum atomic E-state index is -3.65. The van der Waals surface area contributed by atoms with Gasteiger partial charge in [-0.3, -0.25) is 4.79 Å². The van der Waals surface area contributed by atoms with E-state index < -0.39 is 15.7 Å². The number of nitrogens with zero attached hydrogens (tertiary/aromatic N) is 2. The third-order valence-electron chi connectivity index (χ3n) is 5.44. The van der Waals surface area contributed by atoms with E-state index in [4.69, 9.17) is 20.1 Å². The molecule has 2 aromatic carbocycles. The zero-order valence-corrected chi connectivity index (χ0v) is 17.6. The van der Waals surface area contributed by atoms with E-state index in [-0.39, 0.29) is 17.0 Å². The predicted octanol–water partition coefficient (Wildman–Crippen LogP) is 1.34. The van der Waals surface area contributed by atoms with Crippen molar-refractivity contribution in [2.75, 3.05) is 32.0 Å². The van der Waals surface area contributed by atoms with Gasteiger partial charge in [0.15, 0.2) is 0 Å². The molecule has 10 heteroatoms. The average molecular weight is 445 g/mol. The molecule has 2 fully saturated rings. The van der Waals surface area contributed by atoms with Crippen LogP contribution in [0.4, 0.5) is 5.69 Å². The van der Waals surface area contributed by atoms with E-state index in [1.54, 1.807) is 59.5 Å². The van der Waals surface area contributed by atoms with E-state index in [1.807, 2.05) is 0 Å². The van der Waals surface area contributed by atoms with Crippen LogP contribution in [-0.2, 0) is 24.3 Å². The average Bonchev–Trinajstić information content (AvgIpc) is 3.19. The Morgan fingerprint density at radius 1 is 0.968 bits per heavy atom. The Morgan fingerprint density at radius 3 is 2.13 bits per heavy atom. The van der Waals surface area contributed by atoms with Crippen molar-refractivity contribution in [2.24, 2.45) is 0 Å². The zero-order valence-electron chi connectivity index (χ0n) is 16.8. The highest BCUT2D eigenvalue weighted by Gasteiger charge is 2.50. The zero-order chi connectivity index (χ0) is 22.5. The van der Waals surface area contributed by atoms with E-state index in [9.17, 15) is 13.2 Å². The predicted molar refractivity (Wildman–Crippen MR) is 110 cm³/mol. The van der Waals surface area contributed by atoms with Gasteiger partial charge in [0.2, 0.25) is 10.0 Å². The van der Waals surface area contributed by atoms with Crippen LogP contribution in [0.3, 0.4) is 0 Å². The first-order valence-electron chi connectivity index (χ1n) is 9.70. The number of carbonyl (C=O) groups excluding carboxylic acids is 3. The molecule has 9 nitrogen and oxygen atoms in total. The molecule has 0 radical (unpaired) electrons. The van der Waals surface area contributed by atoms with Gasteiger partial charge in [-0.1, -0.05) is 18.2 Å². The molecule has 2 N–H and O–H groups in total. The van der Waals surface area contributed by atoms with Crippen LogP contribution in [0.5, 0.6) is 0 Å². The van der Waals surface area contributed by atoms with Crippen LogP contribution in [0.2, 0.25) is 0 Å². The summed E-state index contributed by atoms with van der Waals surface area (Å²) in [6.07, 6.45) is 1.14. The summed E-state index contributed by atoms with van der Waals surface area (Å²) in [5.41, 5.74) is 5.98. The molecule has 2 aromatic rings. The van der Waals surface area contributed by atoms with Crippen molar-refractivity contribution in [1.29, 1.82) is 0 Å². The maximum absolute atomic E-state index is 13.1. The number of sulfonamides is 1. The highest BCUT2D eigenvalue weighted by atomic mass is 32.2. The third-order valence-corrected chi connectivity index (χ3v) is 7.40. The quantitative estimate of drug-likeness (QED) is 0.706. The fraction of sp³-hybridized carbons (Fsp3) is 0.333. The molecule has 0 bridgehead atoms. The molecule has 0 aromatic heterocycles. The molecule has 1 spiro atoms. The lowest BCUT2D eigenvalue weighted by Gasteiger charge is -2.42. The van der Waals surface area contributed by atoms with Gasteiger partial charge < -0.3 is 15.4 Å². The van der Waals surface area contributed by atoms with E-state index in [0.29, 0.717) is 50.3 Å². The first-order chi connectivity index (χ1) is 14.8. The first-order valence-corrected chi connectivity index (χ1v) is 11.1. The SMILES string of the molecule is Nc1ccc(C(=O)N2CCC3(CC2)OCCN3S(=O)(=O)c2ccccc2)cc1.O=C=O. The largest absolute Gasteiger partial charge is 0.399 e. The molecule has 4 rings (SSSR count). The normalized spacial score (nSPS) is 18.1. The Bertz CT molecular complexity index is 1040. The molecule has 2 heterocycles. The molecule has 2 aliphatic rings. The molecule has 164 valence electrons. The fourth-order valence-corrected chi connectivity index (χ4v) is 5.66. The van der Waals surface area contributed by atoms with Gasteiger partial charge in [-0.15, -0.1) is 0 Å². The van der Waals surface area contributed by atoms with Crippen molar-refractivity contribution in [1.82, 2.24) is 9.21 Å². The number of likely N-dealkylation sites (tertiary alicyclic amines) is 1. The first kappa shape index (κ1) is 22.6. The Morgan fingerprint density at radius 2 is 1.55 bits per heavy atom.